The summed E-state index contributed by atoms with van der Waals surface area (Å²) in [7, 11) is 0. The molecule has 0 amide bonds. The molecule has 2 bridgehead atoms. The van der Waals surface area contributed by atoms with E-state index >= 15 is 0 Å². The van der Waals surface area contributed by atoms with Gasteiger partial charge in [0.05, 0.1) is 5.60 Å². The van der Waals surface area contributed by atoms with E-state index in [1.165, 1.54) is 0 Å². The quantitative estimate of drug-likeness (QED) is 0.589. The molecule has 4 aliphatic carbocycles. The monoisotopic (exact) mass is 242 g/mol. The molecule has 0 saturated heterocycles. The van der Waals surface area contributed by atoms with Crippen LogP contribution in [0.15, 0.2) is 0 Å². The first kappa shape index (κ1) is 9.72. The molecule has 3 nitrogen and oxygen atoms in total. The highest BCUT2D eigenvalue weighted by atomic mass is 35.5. The number of carbonyl (C=O) groups is 1. The van der Waals surface area contributed by atoms with Crippen molar-refractivity contribution in [1.82, 2.24) is 0 Å². The van der Waals surface area contributed by atoms with Crippen LogP contribution in [0.4, 0.5) is 0 Å². The van der Waals surface area contributed by atoms with Gasteiger partial charge in [0.15, 0.2) is 0 Å². The lowest BCUT2D eigenvalue weighted by molar-refractivity contribution is -0.178. The highest BCUT2D eigenvalue weighted by molar-refractivity contribution is 6.26. The Hall–Kier alpha value is -0.280. The van der Waals surface area contributed by atoms with Gasteiger partial charge in [-0.2, -0.15) is 0 Å². The highest BCUT2D eigenvalue weighted by Crippen LogP contribution is 2.85. The summed E-state index contributed by atoms with van der Waals surface area (Å²) in [5.74, 6) is 0.589. The van der Waals surface area contributed by atoms with E-state index in [9.17, 15) is 9.90 Å². The third-order valence-corrected chi connectivity index (χ3v) is 5.79. The Balaban J connectivity index is 1.65. The van der Waals surface area contributed by atoms with Crippen LogP contribution >= 0.6 is 11.6 Å². The number of fused-ring (bicyclic) bond motifs is 1. The molecule has 1 N–H and O–H groups in total. The van der Waals surface area contributed by atoms with Crippen LogP contribution < -0.4 is 0 Å². The second-order valence-corrected chi connectivity index (χ2v) is 6.55. The van der Waals surface area contributed by atoms with Gasteiger partial charge < -0.3 is 9.84 Å². The summed E-state index contributed by atoms with van der Waals surface area (Å²) in [6.07, 6.45) is 4.81. The first-order valence-electron chi connectivity index (χ1n) is 6.04. The summed E-state index contributed by atoms with van der Waals surface area (Å²) >= 11 is 5.50. The molecule has 4 rings (SSSR count). The number of alkyl halides is 1. The molecule has 4 aliphatic rings. The van der Waals surface area contributed by atoms with E-state index < -0.39 is 5.60 Å². The van der Waals surface area contributed by atoms with Crippen molar-refractivity contribution in [3.8, 4) is 0 Å². The smallest absolute Gasteiger partial charge is 0.321 e. The maximum absolute atomic E-state index is 11.4. The van der Waals surface area contributed by atoms with Crippen LogP contribution in [0.5, 0.6) is 0 Å². The van der Waals surface area contributed by atoms with E-state index in [0.717, 1.165) is 32.1 Å². The minimum absolute atomic E-state index is 0.0581. The zero-order valence-electron chi connectivity index (χ0n) is 9.04. The van der Waals surface area contributed by atoms with Crippen molar-refractivity contribution in [3.05, 3.63) is 0 Å². The van der Waals surface area contributed by atoms with Gasteiger partial charge in [-0.25, -0.2) is 0 Å². The standard InChI is InChI=1S/C12H15ClO3/c13-4-9(14)16-12-3-7-1-8-10(12,6-12)5-11(8,15)2-7/h7-8,15H,1-6H2. The van der Waals surface area contributed by atoms with E-state index in [2.05, 4.69) is 0 Å². The molecule has 4 saturated carbocycles. The van der Waals surface area contributed by atoms with Crippen LogP contribution in [0.3, 0.4) is 0 Å². The van der Waals surface area contributed by atoms with E-state index in [4.69, 9.17) is 16.3 Å². The Morgan fingerprint density at radius 1 is 1.44 bits per heavy atom. The fraction of sp³-hybridized carbons (Fsp3) is 0.917. The Kier molecular flexibility index (Phi) is 1.48. The molecule has 0 heterocycles. The van der Waals surface area contributed by atoms with Gasteiger partial charge in [0.2, 0.25) is 0 Å². The predicted molar refractivity (Wildman–Crippen MR) is 57.0 cm³/mol. The Morgan fingerprint density at radius 2 is 2.25 bits per heavy atom. The maximum Gasteiger partial charge on any atom is 0.321 e. The van der Waals surface area contributed by atoms with E-state index in [-0.39, 0.29) is 22.9 Å². The SMILES string of the molecule is O=C(CCl)OC12CC3CC4C(O)(C3)CC41C2. The van der Waals surface area contributed by atoms with E-state index in [1.54, 1.807) is 0 Å². The number of carbonyl (C=O) groups excluding carboxylic acids is 1. The molecule has 0 aromatic heterocycles. The lowest BCUT2D eigenvalue weighted by Crippen LogP contribution is -2.55. The predicted octanol–water partition coefficient (Wildman–Crippen LogP) is 1.46. The topological polar surface area (TPSA) is 46.5 Å². The maximum atomic E-state index is 11.4. The minimum atomic E-state index is -0.420. The summed E-state index contributed by atoms with van der Waals surface area (Å²) in [4.78, 5) is 11.4. The van der Waals surface area contributed by atoms with Crippen LogP contribution in [0, 0.1) is 17.3 Å². The first-order chi connectivity index (χ1) is 7.54. The molecule has 88 valence electrons. The molecule has 5 unspecified atom stereocenters. The number of halogens is 1. The van der Waals surface area contributed by atoms with Gasteiger partial charge in [-0.15, -0.1) is 11.6 Å². The number of hydrogen-bond donors (Lipinski definition) is 1. The second kappa shape index (κ2) is 2.44. The van der Waals surface area contributed by atoms with Gasteiger partial charge in [-0.1, -0.05) is 0 Å². The average molecular weight is 243 g/mol. The normalized spacial score (nSPS) is 59.9. The zero-order valence-corrected chi connectivity index (χ0v) is 9.79. The van der Waals surface area contributed by atoms with Crippen molar-refractivity contribution in [2.75, 3.05) is 5.88 Å². The Morgan fingerprint density at radius 3 is 3.00 bits per heavy atom. The zero-order chi connectivity index (χ0) is 11.2. The van der Waals surface area contributed by atoms with Gasteiger partial charge in [-0.05, 0) is 43.9 Å². The van der Waals surface area contributed by atoms with Crippen molar-refractivity contribution in [3.63, 3.8) is 0 Å². The van der Waals surface area contributed by atoms with Gasteiger partial charge in [0.1, 0.15) is 11.5 Å². The molecule has 0 aromatic carbocycles. The number of rotatable bonds is 2. The van der Waals surface area contributed by atoms with E-state index in [1.807, 2.05) is 0 Å². The van der Waals surface area contributed by atoms with Crippen molar-refractivity contribution in [2.24, 2.45) is 17.3 Å². The molecule has 5 atom stereocenters. The van der Waals surface area contributed by atoms with Crippen molar-refractivity contribution >= 4 is 17.6 Å². The van der Waals surface area contributed by atoms with Gasteiger partial charge in [-0.3, -0.25) is 4.79 Å². The fourth-order valence-electron chi connectivity index (χ4n) is 5.20. The minimum Gasteiger partial charge on any atom is -0.458 e. The summed E-state index contributed by atoms with van der Waals surface area (Å²) < 4.78 is 5.59. The van der Waals surface area contributed by atoms with Crippen LogP contribution in [0.2, 0.25) is 0 Å². The molecule has 16 heavy (non-hydrogen) atoms. The largest absolute Gasteiger partial charge is 0.458 e. The number of ether oxygens (including phenoxy) is 1. The molecule has 0 aromatic rings. The molecular weight excluding hydrogens is 228 g/mol. The average Bonchev–Trinajstić information content (AvgIpc) is 2.79. The summed E-state index contributed by atoms with van der Waals surface area (Å²) in [5, 5.41) is 10.4. The summed E-state index contributed by atoms with van der Waals surface area (Å²) in [5.41, 5.74) is -0.526. The Bertz CT molecular complexity index is 398. The van der Waals surface area contributed by atoms with Crippen LogP contribution in [-0.2, 0) is 9.53 Å². The van der Waals surface area contributed by atoms with Crippen LogP contribution in [0.1, 0.15) is 32.1 Å². The lowest BCUT2D eigenvalue weighted by atomic mass is 9.58. The molecule has 4 fully saturated rings. The van der Waals surface area contributed by atoms with Gasteiger partial charge >= 0.3 is 5.97 Å². The van der Waals surface area contributed by atoms with Gasteiger partial charge in [0, 0.05) is 5.41 Å². The summed E-state index contributed by atoms with van der Waals surface area (Å²) in [6, 6.07) is 0. The number of aliphatic hydroxyl groups is 1. The van der Waals surface area contributed by atoms with Crippen molar-refractivity contribution in [1.29, 1.82) is 0 Å². The van der Waals surface area contributed by atoms with Crippen LogP contribution in [-0.4, -0.2) is 28.2 Å². The van der Waals surface area contributed by atoms with Crippen LogP contribution in [0.25, 0.3) is 0 Å². The van der Waals surface area contributed by atoms with Crippen molar-refractivity contribution in [2.45, 2.75) is 43.3 Å². The second-order valence-electron chi connectivity index (χ2n) is 6.28. The molecular formula is C12H15ClO3. The molecule has 0 aliphatic heterocycles. The number of esters is 1. The van der Waals surface area contributed by atoms with Gasteiger partial charge in [0.25, 0.3) is 0 Å². The van der Waals surface area contributed by atoms with Crippen molar-refractivity contribution < 1.29 is 14.6 Å². The molecule has 0 radical (unpaired) electrons. The molecule has 4 heteroatoms. The molecule has 1 spiro atoms. The van der Waals surface area contributed by atoms with E-state index in [0.29, 0.717) is 11.8 Å². The lowest BCUT2D eigenvalue weighted by Gasteiger charge is -2.51. The highest BCUT2D eigenvalue weighted by Gasteiger charge is 2.87. The summed E-state index contributed by atoms with van der Waals surface area (Å²) in [6.45, 7) is 0. The first-order valence-corrected chi connectivity index (χ1v) is 6.57. The number of hydrogen-bond acceptors (Lipinski definition) is 3. The third kappa shape index (κ3) is 0.830. The Labute approximate surface area is 99.1 Å². The fourth-order valence-corrected chi connectivity index (χ4v) is 5.26. The third-order valence-electron chi connectivity index (χ3n) is 5.57.